The molecule has 0 aliphatic carbocycles. The van der Waals surface area contributed by atoms with E-state index >= 15 is 0 Å². The molecule has 0 radical (unpaired) electrons. The van der Waals surface area contributed by atoms with E-state index in [0.717, 1.165) is 11.3 Å². The Morgan fingerprint density at radius 2 is 1.75 bits per heavy atom. The molecule has 0 aromatic heterocycles. The van der Waals surface area contributed by atoms with Gasteiger partial charge in [-0.2, -0.15) is 0 Å². The van der Waals surface area contributed by atoms with E-state index in [1.165, 1.54) is 0 Å². The smallest absolute Gasteiger partial charge is 0.252 e. The summed E-state index contributed by atoms with van der Waals surface area (Å²) in [6.07, 6.45) is 0.186. The maximum Gasteiger partial charge on any atom is 0.252 e. The molecule has 2 amide bonds. The lowest BCUT2D eigenvalue weighted by Gasteiger charge is -2.10. The highest BCUT2D eigenvalue weighted by Crippen LogP contribution is 2.16. The Morgan fingerprint density at radius 1 is 1.04 bits per heavy atom. The van der Waals surface area contributed by atoms with E-state index in [4.69, 9.17) is 16.3 Å². The predicted molar refractivity (Wildman–Crippen MR) is 93.2 cm³/mol. The topological polar surface area (TPSA) is 67.4 Å². The molecule has 126 valence electrons. The molecule has 0 spiro atoms. The van der Waals surface area contributed by atoms with E-state index in [1.807, 2.05) is 24.3 Å². The van der Waals surface area contributed by atoms with Crippen molar-refractivity contribution in [2.45, 2.75) is 13.0 Å². The van der Waals surface area contributed by atoms with Gasteiger partial charge in [0.2, 0.25) is 5.91 Å². The molecule has 0 bridgehead atoms. The maximum absolute atomic E-state index is 12.0. The number of benzene rings is 2. The highest BCUT2D eigenvalue weighted by molar-refractivity contribution is 6.33. The number of para-hydroxylation sites is 1. The van der Waals surface area contributed by atoms with E-state index in [9.17, 15) is 9.59 Å². The van der Waals surface area contributed by atoms with Crippen molar-refractivity contribution in [2.75, 3.05) is 13.7 Å². The zero-order chi connectivity index (χ0) is 17.4. The Kier molecular flexibility index (Phi) is 6.63. The second-order valence-electron chi connectivity index (χ2n) is 5.07. The zero-order valence-corrected chi connectivity index (χ0v) is 14.1. The highest BCUT2D eigenvalue weighted by Gasteiger charge is 2.10. The van der Waals surface area contributed by atoms with Gasteiger partial charge in [0.05, 0.1) is 17.7 Å². The third-order valence-corrected chi connectivity index (χ3v) is 3.75. The van der Waals surface area contributed by atoms with Gasteiger partial charge >= 0.3 is 0 Å². The average Bonchev–Trinajstić information content (AvgIpc) is 2.60. The molecule has 0 heterocycles. The highest BCUT2D eigenvalue weighted by atomic mass is 35.5. The molecule has 5 nitrogen and oxygen atoms in total. The Balaban J connectivity index is 1.76. The minimum Gasteiger partial charge on any atom is -0.496 e. The monoisotopic (exact) mass is 346 g/mol. The molecule has 2 N–H and O–H groups in total. The summed E-state index contributed by atoms with van der Waals surface area (Å²) in [4.78, 5) is 23.8. The summed E-state index contributed by atoms with van der Waals surface area (Å²) in [7, 11) is 1.59. The molecule has 0 saturated heterocycles. The lowest BCUT2D eigenvalue weighted by atomic mass is 10.2. The fourth-order valence-corrected chi connectivity index (χ4v) is 2.38. The standard InChI is InChI=1S/C18H19ClN2O3/c1-24-16-9-5-2-6-13(16)12-21-17(22)10-11-20-18(23)14-7-3-4-8-15(14)19/h2-9H,10-12H2,1H3,(H,20,23)(H,21,22). The van der Waals surface area contributed by atoms with Crippen LogP contribution in [-0.4, -0.2) is 25.5 Å². The van der Waals surface area contributed by atoms with Gasteiger partial charge in [-0.15, -0.1) is 0 Å². The van der Waals surface area contributed by atoms with Gasteiger partial charge in [0.15, 0.2) is 0 Å². The van der Waals surface area contributed by atoms with Gasteiger partial charge in [-0.05, 0) is 18.2 Å². The lowest BCUT2D eigenvalue weighted by molar-refractivity contribution is -0.121. The van der Waals surface area contributed by atoms with Gasteiger partial charge in [0.25, 0.3) is 5.91 Å². The van der Waals surface area contributed by atoms with E-state index in [1.54, 1.807) is 31.4 Å². The fourth-order valence-electron chi connectivity index (χ4n) is 2.16. The summed E-state index contributed by atoms with van der Waals surface area (Å²) in [5.41, 5.74) is 1.29. The Hall–Kier alpha value is -2.53. The van der Waals surface area contributed by atoms with Crippen molar-refractivity contribution in [3.05, 3.63) is 64.7 Å². The molecule has 6 heteroatoms. The van der Waals surface area contributed by atoms with Gasteiger partial charge in [0.1, 0.15) is 5.75 Å². The van der Waals surface area contributed by atoms with Crippen molar-refractivity contribution in [3.63, 3.8) is 0 Å². The van der Waals surface area contributed by atoms with E-state index in [-0.39, 0.29) is 24.8 Å². The van der Waals surface area contributed by atoms with Gasteiger partial charge in [-0.25, -0.2) is 0 Å². The van der Waals surface area contributed by atoms with Gasteiger partial charge in [-0.1, -0.05) is 41.9 Å². The van der Waals surface area contributed by atoms with Crippen LogP contribution in [0.4, 0.5) is 0 Å². The Labute approximate surface area is 146 Å². The number of ether oxygens (including phenoxy) is 1. The number of hydrogen-bond acceptors (Lipinski definition) is 3. The predicted octanol–water partition coefficient (Wildman–Crippen LogP) is 2.78. The number of amides is 2. The Bertz CT molecular complexity index is 719. The van der Waals surface area contributed by atoms with E-state index < -0.39 is 0 Å². The quantitative estimate of drug-likeness (QED) is 0.810. The molecule has 0 fully saturated rings. The number of rotatable bonds is 7. The third-order valence-electron chi connectivity index (χ3n) is 3.42. The first-order valence-corrected chi connectivity index (χ1v) is 7.91. The molecule has 2 rings (SSSR count). The van der Waals surface area contributed by atoms with Crippen molar-refractivity contribution < 1.29 is 14.3 Å². The lowest BCUT2D eigenvalue weighted by Crippen LogP contribution is -2.30. The van der Waals surface area contributed by atoms with Crippen LogP contribution in [0.2, 0.25) is 5.02 Å². The third kappa shape index (κ3) is 4.99. The molecule has 0 atom stereocenters. The first kappa shape index (κ1) is 17.8. The minimum absolute atomic E-state index is 0.152. The van der Waals surface area contributed by atoms with E-state index in [0.29, 0.717) is 17.1 Å². The fraction of sp³-hybridized carbons (Fsp3) is 0.222. The molecule has 0 aliphatic rings. The molecule has 24 heavy (non-hydrogen) atoms. The minimum atomic E-state index is -0.293. The zero-order valence-electron chi connectivity index (χ0n) is 13.3. The second-order valence-corrected chi connectivity index (χ2v) is 5.48. The first-order valence-electron chi connectivity index (χ1n) is 7.53. The van der Waals surface area contributed by atoms with Crippen LogP contribution in [0.1, 0.15) is 22.3 Å². The number of carbonyl (C=O) groups is 2. The van der Waals surface area contributed by atoms with Crippen LogP contribution in [0.3, 0.4) is 0 Å². The summed E-state index contributed by atoms with van der Waals surface area (Å²) >= 11 is 5.95. The number of halogens is 1. The average molecular weight is 347 g/mol. The Morgan fingerprint density at radius 3 is 2.50 bits per heavy atom. The molecule has 2 aromatic rings. The number of hydrogen-bond donors (Lipinski definition) is 2. The molecular weight excluding hydrogens is 328 g/mol. The van der Waals surface area contributed by atoms with Gasteiger partial charge in [0, 0.05) is 25.1 Å². The molecule has 0 aliphatic heterocycles. The molecule has 2 aromatic carbocycles. The number of nitrogens with one attached hydrogen (secondary N) is 2. The normalized spacial score (nSPS) is 10.1. The van der Waals surface area contributed by atoms with Crippen molar-refractivity contribution in [2.24, 2.45) is 0 Å². The number of carbonyl (C=O) groups excluding carboxylic acids is 2. The van der Waals surface area contributed by atoms with Gasteiger partial charge < -0.3 is 15.4 Å². The molecule has 0 saturated carbocycles. The van der Waals surface area contributed by atoms with Crippen LogP contribution < -0.4 is 15.4 Å². The van der Waals surface area contributed by atoms with Gasteiger partial charge in [-0.3, -0.25) is 9.59 Å². The maximum atomic E-state index is 12.0. The second kappa shape index (κ2) is 8.93. The summed E-state index contributed by atoms with van der Waals surface area (Å²) in [5.74, 6) is 0.281. The number of methoxy groups -OCH3 is 1. The largest absolute Gasteiger partial charge is 0.496 e. The molecular formula is C18H19ClN2O3. The van der Waals surface area contributed by atoms with Crippen molar-refractivity contribution >= 4 is 23.4 Å². The van der Waals surface area contributed by atoms with Crippen molar-refractivity contribution in [3.8, 4) is 5.75 Å². The SMILES string of the molecule is COc1ccccc1CNC(=O)CCNC(=O)c1ccccc1Cl. The van der Waals surface area contributed by atoms with Crippen LogP contribution in [-0.2, 0) is 11.3 Å². The summed E-state index contributed by atoms with van der Waals surface area (Å²) < 4.78 is 5.23. The van der Waals surface area contributed by atoms with Crippen molar-refractivity contribution in [1.82, 2.24) is 10.6 Å². The molecule has 0 unspecified atom stereocenters. The van der Waals surface area contributed by atoms with Crippen molar-refractivity contribution in [1.29, 1.82) is 0 Å². The van der Waals surface area contributed by atoms with Crippen LogP contribution in [0.5, 0.6) is 5.75 Å². The summed E-state index contributed by atoms with van der Waals surface area (Å²) in [5, 5.41) is 5.87. The summed E-state index contributed by atoms with van der Waals surface area (Å²) in [6.45, 7) is 0.614. The summed E-state index contributed by atoms with van der Waals surface area (Å²) in [6, 6.07) is 14.3. The van der Waals surface area contributed by atoms with E-state index in [2.05, 4.69) is 10.6 Å². The van der Waals surface area contributed by atoms with Crippen LogP contribution in [0.25, 0.3) is 0 Å². The first-order chi connectivity index (χ1) is 11.6. The van der Waals surface area contributed by atoms with Crippen LogP contribution in [0.15, 0.2) is 48.5 Å². The van der Waals surface area contributed by atoms with Crippen LogP contribution >= 0.6 is 11.6 Å². The van der Waals surface area contributed by atoms with Crippen LogP contribution in [0, 0.1) is 0 Å².